The number of aliphatic hydroxyl groups excluding tert-OH is 1. The average Bonchev–Trinajstić information content (AvgIpc) is 3.42. The van der Waals surface area contributed by atoms with Crippen molar-refractivity contribution in [3.63, 3.8) is 0 Å². The molecule has 1 aromatic carbocycles. The summed E-state index contributed by atoms with van der Waals surface area (Å²) in [4.78, 5) is 14.3. The van der Waals surface area contributed by atoms with E-state index in [1.54, 1.807) is 30.6 Å². The molecule has 1 fully saturated rings. The van der Waals surface area contributed by atoms with Gasteiger partial charge < -0.3 is 10.8 Å². The highest BCUT2D eigenvalue weighted by Crippen LogP contribution is 2.32. The smallest absolute Gasteiger partial charge is 0.240 e. The van der Waals surface area contributed by atoms with Crippen molar-refractivity contribution in [3.8, 4) is 21.8 Å². The van der Waals surface area contributed by atoms with Gasteiger partial charge in [0.2, 0.25) is 10.0 Å². The van der Waals surface area contributed by atoms with Gasteiger partial charge in [0.05, 0.1) is 32.8 Å². The maximum Gasteiger partial charge on any atom is 0.240 e. The topological polar surface area (TPSA) is 136 Å². The van der Waals surface area contributed by atoms with E-state index in [-0.39, 0.29) is 22.9 Å². The number of aromatic nitrogens is 4. The van der Waals surface area contributed by atoms with Crippen LogP contribution in [0.2, 0.25) is 0 Å². The Hall–Kier alpha value is -2.86. The van der Waals surface area contributed by atoms with E-state index >= 15 is 0 Å². The van der Waals surface area contributed by atoms with Crippen LogP contribution in [0.25, 0.3) is 27.5 Å². The van der Waals surface area contributed by atoms with E-state index in [1.807, 2.05) is 24.4 Å². The lowest BCUT2D eigenvalue weighted by Crippen LogP contribution is -2.38. The minimum Gasteiger partial charge on any atom is -0.393 e. The quantitative estimate of drug-likeness (QED) is 0.384. The zero-order valence-corrected chi connectivity index (χ0v) is 20.5. The Kier molecular flexibility index (Phi) is 5.88. The number of aliphatic hydroxyl groups is 1. The van der Waals surface area contributed by atoms with Gasteiger partial charge in [-0.2, -0.15) is 0 Å². The average molecular weight is 499 g/mol. The molecule has 0 aliphatic heterocycles. The highest BCUT2D eigenvalue weighted by atomic mass is 32.2. The van der Waals surface area contributed by atoms with E-state index in [2.05, 4.69) is 19.7 Å². The number of hydrogen-bond acceptors (Lipinski definition) is 8. The lowest BCUT2D eigenvalue weighted by molar-refractivity contribution is 0.120. The third-order valence-electron chi connectivity index (χ3n) is 6.21. The fourth-order valence-electron chi connectivity index (χ4n) is 4.34. The molecule has 0 spiro atoms. The van der Waals surface area contributed by atoms with Crippen LogP contribution in [-0.2, 0) is 10.0 Å². The molecule has 4 N–H and O–H groups in total. The van der Waals surface area contributed by atoms with Crippen molar-refractivity contribution < 1.29 is 13.5 Å². The molecule has 1 aliphatic carbocycles. The van der Waals surface area contributed by atoms with Gasteiger partial charge in [-0.25, -0.2) is 28.1 Å². The number of benzene rings is 1. The number of thiazole rings is 1. The molecule has 1 saturated carbocycles. The molecule has 0 saturated heterocycles. The molecule has 1 aliphatic rings. The van der Waals surface area contributed by atoms with Crippen molar-refractivity contribution in [1.29, 1.82) is 0 Å². The van der Waals surface area contributed by atoms with Crippen LogP contribution in [0.3, 0.4) is 0 Å². The third kappa shape index (κ3) is 4.31. The fraction of sp³-hybridized carbons (Fsp3) is 0.348. The number of fused-ring (bicyclic) bond motifs is 1. The SMILES string of the molecule is Cc1ncc(-c2cn3c(-c4cc(S(=O)(=O)N[C@H]5CC[C@H](O)CC5)ccc4C)cnc3c(N)n2)s1. The van der Waals surface area contributed by atoms with E-state index in [9.17, 15) is 13.5 Å². The van der Waals surface area contributed by atoms with Crippen LogP contribution in [-0.4, -0.2) is 45.0 Å². The molecule has 0 unspecified atom stereocenters. The zero-order valence-electron chi connectivity index (χ0n) is 18.9. The predicted octanol–water partition coefficient (Wildman–Crippen LogP) is 3.30. The molecule has 5 rings (SSSR count). The number of sulfonamides is 1. The Morgan fingerprint density at radius 3 is 2.62 bits per heavy atom. The molecular weight excluding hydrogens is 472 g/mol. The van der Waals surface area contributed by atoms with Crippen molar-refractivity contribution in [1.82, 2.24) is 24.1 Å². The van der Waals surface area contributed by atoms with Gasteiger partial charge in [0.25, 0.3) is 0 Å². The van der Waals surface area contributed by atoms with Crippen molar-refractivity contribution >= 4 is 32.8 Å². The normalized spacial score (nSPS) is 19.0. The molecule has 3 aromatic heterocycles. The Balaban J connectivity index is 1.54. The summed E-state index contributed by atoms with van der Waals surface area (Å²) in [6, 6.07) is 4.91. The molecule has 3 heterocycles. The molecular formula is C23H26N6O3S2. The summed E-state index contributed by atoms with van der Waals surface area (Å²) in [5.41, 5.74) is 9.77. The second-order valence-electron chi connectivity index (χ2n) is 8.70. The first kappa shape index (κ1) is 22.9. The van der Waals surface area contributed by atoms with Crippen LogP contribution in [0.4, 0.5) is 5.82 Å². The number of nitrogen functional groups attached to an aromatic ring is 1. The van der Waals surface area contributed by atoms with Gasteiger partial charge in [-0.3, -0.25) is 4.40 Å². The van der Waals surface area contributed by atoms with Crippen LogP contribution in [0, 0.1) is 13.8 Å². The summed E-state index contributed by atoms with van der Waals surface area (Å²) < 4.78 is 30.9. The first-order valence-corrected chi connectivity index (χ1v) is 13.4. The molecule has 0 bridgehead atoms. The maximum atomic E-state index is 13.1. The van der Waals surface area contributed by atoms with Gasteiger partial charge in [-0.1, -0.05) is 6.07 Å². The van der Waals surface area contributed by atoms with Crippen molar-refractivity contribution in [3.05, 3.63) is 47.4 Å². The monoisotopic (exact) mass is 498 g/mol. The highest BCUT2D eigenvalue weighted by Gasteiger charge is 2.25. The number of aryl methyl sites for hydroxylation is 2. The van der Waals surface area contributed by atoms with Crippen molar-refractivity contribution in [2.24, 2.45) is 0 Å². The minimum atomic E-state index is -3.72. The van der Waals surface area contributed by atoms with Crippen LogP contribution >= 0.6 is 11.3 Å². The first-order valence-electron chi connectivity index (χ1n) is 11.1. The van der Waals surface area contributed by atoms with E-state index < -0.39 is 10.0 Å². The van der Waals surface area contributed by atoms with Gasteiger partial charge >= 0.3 is 0 Å². The Labute approximate surface area is 201 Å². The number of nitrogens with one attached hydrogen (secondary N) is 1. The molecule has 34 heavy (non-hydrogen) atoms. The molecule has 11 heteroatoms. The third-order valence-corrected chi connectivity index (χ3v) is 8.66. The Morgan fingerprint density at radius 2 is 1.91 bits per heavy atom. The Bertz CT molecular complexity index is 1470. The summed E-state index contributed by atoms with van der Waals surface area (Å²) in [6.45, 7) is 3.86. The molecule has 0 atom stereocenters. The maximum absolute atomic E-state index is 13.1. The molecule has 0 radical (unpaired) electrons. The number of anilines is 1. The van der Waals surface area contributed by atoms with Crippen LogP contribution in [0.5, 0.6) is 0 Å². The first-order chi connectivity index (χ1) is 16.2. The van der Waals surface area contributed by atoms with Crippen molar-refractivity contribution in [2.45, 2.75) is 56.6 Å². The standard InChI is InChI=1S/C23H26N6O3S2/c1-13-3-8-17(34(31,32)28-15-4-6-16(30)7-5-15)9-18(13)20-10-26-23-22(24)27-19(12-29(20)23)21-11-25-14(2)33-21/h3,8-12,15-16,28,30H,4-7H2,1-2H3,(H2,24,27)/t15-,16-. The number of nitrogens with zero attached hydrogens (tertiary/aromatic N) is 4. The molecule has 178 valence electrons. The van der Waals surface area contributed by atoms with Crippen LogP contribution in [0.15, 0.2) is 41.7 Å². The lowest BCUT2D eigenvalue weighted by atomic mass is 9.94. The van der Waals surface area contributed by atoms with Gasteiger partial charge in [0.15, 0.2) is 11.5 Å². The van der Waals surface area contributed by atoms with E-state index in [0.29, 0.717) is 37.0 Å². The van der Waals surface area contributed by atoms with Crippen LogP contribution in [0.1, 0.15) is 36.3 Å². The summed E-state index contributed by atoms with van der Waals surface area (Å²) in [5, 5.41) is 10.6. The minimum absolute atomic E-state index is 0.176. The van der Waals surface area contributed by atoms with E-state index in [0.717, 1.165) is 26.7 Å². The summed E-state index contributed by atoms with van der Waals surface area (Å²) in [5.74, 6) is 0.289. The summed E-state index contributed by atoms with van der Waals surface area (Å²) >= 11 is 1.52. The predicted molar refractivity (Wildman–Crippen MR) is 132 cm³/mol. The van der Waals surface area contributed by atoms with Crippen LogP contribution < -0.4 is 10.5 Å². The second-order valence-corrected chi connectivity index (χ2v) is 11.6. The zero-order chi connectivity index (χ0) is 24.0. The van der Waals surface area contributed by atoms with E-state index in [4.69, 9.17) is 5.73 Å². The van der Waals surface area contributed by atoms with Gasteiger partial charge in [-0.05, 0) is 57.2 Å². The van der Waals surface area contributed by atoms with E-state index in [1.165, 1.54) is 11.3 Å². The number of hydrogen-bond donors (Lipinski definition) is 3. The summed E-state index contributed by atoms with van der Waals surface area (Å²) in [6.07, 6.45) is 7.41. The largest absolute Gasteiger partial charge is 0.393 e. The van der Waals surface area contributed by atoms with Gasteiger partial charge in [0.1, 0.15) is 5.69 Å². The highest BCUT2D eigenvalue weighted by molar-refractivity contribution is 7.89. The number of rotatable bonds is 5. The number of imidazole rings is 1. The van der Waals surface area contributed by atoms with Crippen molar-refractivity contribution in [2.75, 3.05) is 5.73 Å². The fourth-order valence-corrected chi connectivity index (χ4v) is 6.40. The van der Waals surface area contributed by atoms with Gasteiger partial charge in [-0.15, -0.1) is 11.3 Å². The Morgan fingerprint density at radius 1 is 1.15 bits per heavy atom. The summed E-state index contributed by atoms with van der Waals surface area (Å²) in [7, 11) is -3.72. The number of nitrogens with two attached hydrogens (primary N) is 1. The second kappa shape index (κ2) is 8.73. The molecule has 4 aromatic rings. The van der Waals surface area contributed by atoms with Gasteiger partial charge in [0, 0.05) is 24.0 Å². The lowest BCUT2D eigenvalue weighted by Gasteiger charge is -2.26. The molecule has 9 nitrogen and oxygen atoms in total. The molecule has 0 amide bonds.